The minimum atomic E-state index is -4.73. The third-order valence-electron chi connectivity index (χ3n) is 3.33. The molecule has 1 N–H and O–H groups in total. The molecule has 1 saturated heterocycles. The Morgan fingerprint density at radius 2 is 2.00 bits per heavy atom. The average Bonchev–Trinajstić information content (AvgIpc) is 2.87. The number of sulfonamides is 1. The number of halogens is 4. The van der Waals surface area contributed by atoms with E-state index in [0.29, 0.717) is 22.9 Å². The van der Waals surface area contributed by atoms with E-state index in [-0.39, 0.29) is 18.0 Å². The number of hydrogen-bond donors (Lipinski definition) is 1. The summed E-state index contributed by atoms with van der Waals surface area (Å²) in [7, 11) is -4.43. The first-order valence-electron chi connectivity index (χ1n) is 6.16. The Bertz CT molecular complexity index is 705. The summed E-state index contributed by atoms with van der Waals surface area (Å²) < 4.78 is 63.8. The smallest absolute Gasteiger partial charge is 0.416 e. The lowest BCUT2D eigenvalue weighted by Crippen LogP contribution is -2.40. The first-order chi connectivity index (χ1) is 10.0. The van der Waals surface area contributed by atoms with Gasteiger partial charge in [0.05, 0.1) is 10.6 Å². The maximum atomic E-state index is 12.7. The third-order valence-corrected chi connectivity index (χ3v) is 5.72. The molecule has 1 aromatic carbocycles. The van der Waals surface area contributed by atoms with Crippen LogP contribution in [-0.4, -0.2) is 36.4 Å². The van der Waals surface area contributed by atoms with Crippen molar-refractivity contribution in [2.45, 2.75) is 30.0 Å². The Labute approximate surface area is 129 Å². The molecule has 10 heteroatoms. The fraction of sp³-hybridized carbons (Fsp3) is 0.417. The molecule has 0 unspecified atom stereocenters. The lowest BCUT2D eigenvalue weighted by atomic mass is 10.2. The quantitative estimate of drug-likeness (QED) is 0.902. The van der Waals surface area contributed by atoms with Gasteiger partial charge in [0, 0.05) is 6.54 Å². The van der Waals surface area contributed by atoms with Crippen LogP contribution in [-0.2, 0) is 21.0 Å². The summed E-state index contributed by atoms with van der Waals surface area (Å²) >= 11 is 5.72. The first-order valence-corrected chi connectivity index (χ1v) is 7.98. The Morgan fingerprint density at radius 3 is 2.55 bits per heavy atom. The van der Waals surface area contributed by atoms with E-state index in [2.05, 4.69) is 0 Å². The highest BCUT2D eigenvalue weighted by atomic mass is 35.5. The van der Waals surface area contributed by atoms with E-state index >= 15 is 0 Å². The van der Waals surface area contributed by atoms with Crippen molar-refractivity contribution in [3.63, 3.8) is 0 Å². The lowest BCUT2D eigenvalue weighted by molar-refractivity contribution is -0.141. The second-order valence-corrected chi connectivity index (χ2v) is 7.02. The van der Waals surface area contributed by atoms with E-state index in [4.69, 9.17) is 16.7 Å². The maximum Gasteiger partial charge on any atom is 0.416 e. The molecule has 1 aromatic rings. The van der Waals surface area contributed by atoms with Crippen LogP contribution in [0.4, 0.5) is 13.2 Å². The summed E-state index contributed by atoms with van der Waals surface area (Å²) in [6, 6.07) is 0.633. The molecular formula is C12H11ClF3NO4S. The van der Waals surface area contributed by atoms with Crippen LogP contribution in [0, 0.1) is 0 Å². The van der Waals surface area contributed by atoms with Crippen LogP contribution >= 0.6 is 11.6 Å². The van der Waals surface area contributed by atoms with Crippen molar-refractivity contribution in [3.8, 4) is 0 Å². The van der Waals surface area contributed by atoms with Crippen LogP contribution in [0.25, 0.3) is 0 Å². The van der Waals surface area contributed by atoms with Crippen molar-refractivity contribution in [3.05, 3.63) is 28.8 Å². The molecule has 5 nitrogen and oxygen atoms in total. The summed E-state index contributed by atoms with van der Waals surface area (Å²) in [5, 5.41) is 8.64. The van der Waals surface area contributed by atoms with E-state index < -0.39 is 38.7 Å². The molecule has 0 bridgehead atoms. The number of aliphatic carboxylic acids is 1. The molecule has 122 valence electrons. The van der Waals surface area contributed by atoms with Gasteiger partial charge in [0.1, 0.15) is 10.9 Å². The van der Waals surface area contributed by atoms with Crippen LogP contribution < -0.4 is 0 Å². The monoisotopic (exact) mass is 357 g/mol. The highest BCUT2D eigenvalue weighted by Crippen LogP contribution is 2.36. The van der Waals surface area contributed by atoms with Crippen LogP contribution in [0.15, 0.2) is 23.1 Å². The molecule has 1 aliphatic rings. The number of alkyl halides is 3. The molecule has 0 spiro atoms. The van der Waals surface area contributed by atoms with Crippen LogP contribution in [0.1, 0.15) is 18.4 Å². The Morgan fingerprint density at radius 1 is 1.36 bits per heavy atom. The van der Waals surface area contributed by atoms with Gasteiger partial charge in [0.15, 0.2) is 0 Å². The lowest BCUT2D eigenvalue weighted by Gasteiger charge is -2.22. The molecule has 1 atom stereocenters. The van der Waals surface area contributed by atoms with Crippen molar-refractivity contribution in [1.82, 2.24) is 4.31 Å². The van der Waals surface area contributed by atoms with Gasteiger partial charge in [0.25, 0.3) is 0 Å². The molecule has 0 saturated carbocycles. The van der Waals surface area contributed by atoms with E-state index in [1.54, 1.807) is 0 Å². The summed E-state index contributed by atoms with van der Waals surface area (Å²) in [6.07, 6.45) is -4.32. The van der Waals surface area contributed by atoms with Crippen LogP contribution in [0.5, 0.6) is 0 Å². The maximum absolute atomic E-state index is 12.7. The molecule has 1 heterocycles. The molecule has 0 amide bonds. The van der Waals surface area contributed by atoms with E-state index in [0.717, 1.165) is 6.07 Å². The molecule has 22 heavy (non-hydrogen) atoms. The largest absolute Gasteiger partial charge is 0.480 e. The van der Waals surface area contributed by atoms with E-state index in [9.17, 15) is 26.4 Å². The number of carboxylic acid groups (broad SMARTS) is 1. The molecule has 0 aliphatic carbocycles. The zero-order valence-electron chi connectivity index (χ0n) is 11.0. The predicted molar refractivity (Wildman–Crippen MR) is 71.0 cm³/mol. The minimum absolute atomic E-state index is 0.0775. The average molecular weight is 358 g/mol. The SMILES string of the molecule is O=C(O)[C@H]1CCCN1S(=O)(=O)c1cc(C(F)(F)F)ccc1Cl. The summed E-state index contributed by atoms with van der Waals surface area (Å²) in [6.45, 7) is -0.0775. The standard InChI is InChI=1S/C12H11ClF3NO4S/c13-8-4-3-7(12(14,15)16)6-10(8)22(20,21)17-5-1-2-9(17)11(18)19/h3-4,6,9H,1-2,5H2,(H,18,19)/t9-/m1/s1. The Kier molecular flexibility index (Phi) is 4.42. The topological polar surface area (TPSA) is 74.7 Å². The number of carboxylic acids is 1. The third kappa shape index (κ3) is 3.06. The molecule has 1 aliphatic heterocycles. The van der Waals surface area contributed by atoms with Crippen molar-refractivity contribution in [1.29, 1.82) is 0 Å². The number of nitrogens with zero attached hydrogens (tertiary/aromatic N) is 1. The van der Waals surface area contributed by atoms with E-state index in [1.165, 1.54) is 0 Å². The molecular weight excluding hydrogens is 347 g/mol. The summed E-state index contributed by atoms with van der Waals surface area (Å²) in [5.74, 6) is -1.34. The second-order valence-electron chi connectivity index (χ2n) is 4.75. The minimum Gasteiger partial charge on any atom is -0.480 e. The van der Waals surface area contributed by atoms with Gasteiger partial charge in [-0.15, -0.1) is 0 Å². The molecule has 2 rings (SSSR count). The van der Waals surface area contributed by atoms with Gasteiger partial charge >= 0.3 is 12.1 Å². The zero-order valence-corrected chi connectivity index (χ0v) is 12.5. The van der Waals surface area contributed by atoms with Gasteiger partial charge < -0.3 is 5.11 Å². The van der Waals surface area contributed by atoms with Crippen molar-refractivity contribution >= 4 is 27.6 Å². The fourth-order valence-corrected chi connectivity index (χ4v) is 4.43. The highest BCUT2D eigenvalue weighted by Gasteiger charge is 2.41. The fourth-order valence-electron chi connectivity index (χ4n) is 2.28. The highest BCUT2D eigenvalue weighted by molar-refractivity contribution is 7.89. The van der Waals surface area contributed by atoms with Gasteiger partial charge in [-0.25, -0.2) is 8.42 Å². The molecule has 1 fully saturated rings. The number of hydrogen-bond acceptors (Lipinski definition) is 3. The van der Waals surface area contributed by atoms with Crippen LogP contribution in [0.3, 0.4) is 0 Å². The van der Waals surface area contributed by atoms with Gasteiger partial charge in [-0.2, -0.15) is 17.5 Å². The van der Waals surface area contributed by atoms with Crippen molar-refractivity contribution in [2.24, 2.45) is 0 Å². The normalized spacial score (nSPS) is 20.3. The Hall–Kier alpha value is -1.32. The van der Waals surface area contributed by atoms with Crippen molar-refractivity contribution < 1.29 is 31.5 Å². The predicted octanol–water partition coefficient (Wildman–Crippen LogP) is 2.60. The van der Waals surface area contributed by atoms with Gasteiger partial charge in [-0.05, 0) is 31.0 Å². The zero-order chi connectivity index (χ0) is 16.7. The molecule has 0 aromatic heterocycles. The van der Waals surface area contributed by atoms with Crippen molar-refractivity contribution in [2.75, 3.05) is 6.54 Å². The van der Waals surface area contributed by atoms with Gasteiger partial charge in [-0.1, -0.05) is 11.6 Å². The number of rotatable bonds is 3. The van der Waals surface area contributed by atoms with Crippen LogP contribution in [0.2, 0.25) is 5.02 Å². The first kappa shape index (κ1) is 17.0. The summed E-state index contributed by atoms with van der Waals surface area (Å²) in [5.41, 5.74) is -1.17. The second kappa shape index (κ2) is 5.71. The number of benzene rings is 1. The summed E-state index contributed by atoms with van der Waals surface area (Å²) in [4.78, 5) is 10.3. The van der Waals surface area contributed by atoms with Gasteiger partial charge in [-0.3, -0.25) is 4.79 Å². The Balaban J connectivity index is 2.52. The number of carbonyl (C=O) groups is 1. The molecule has 0 radical (unpaired) electrons. The van der Waals surface area contributed by atoms with E-state index in [1.807, 2.05) is 0 Å². The van der Waals surface area contributed by atoms with Gasteiger partial charge in [0.2, 0.25) is 10.0 Å².